The quantitative estimate of drug-likeness (QED) is 0.578. The molecule has 0 fully saturated rings. The zero-order valence-electron chi connectivity index (χ0n) is 5.52. The molecule has 0 aliphatic carbocycles. The van der Waals surface area contributed by atoms with Gasteiger partial charge >= 0.3 is 0 Å². The Morgan fingerprint density at radius 1 is 1.62 bits per heavy atom. The summed E-state index contributed by atoms with van der Waals surface area (Å²) in [5, 5.41) is 0. The lowest BCUT2D eigenvalue weighted by molar-refractivity contribution is 0.609. The van der Waals surface area contributed by atoms with E-state index in [0.29, 0.717) is 9.97 Å². The Labute approximate surface area is 65.2 Å². The molecule has 2 N–H and O–H groups in total. The molecule has 0 aliphatic rings. The van der Waals surface area contributed by atoms with Crippen LogP contribution in [0.2, 0.25) is 0 Å². The van der Waals surface area contributed by atoms with Crippen LogP contribution in [0.5, 0.6) is 0 Å². The Bertz CT molecular complexity index is 54.5. The van der Waals surface area contributed by atoms with Crippen molar-refractivity contribution in [2.75, 3.05) is 0 Å². The second-order valence-corrected chi connectivity index (χ2v) is 4.09. The number of hydrogen-bond acceptors (Lipinski definition) is 1. The van der Waals surface area contributed by atoms with E-state index in [2.05, 4.69) is 36.4 Å². The molecule has 0 radical (unpaired) electrons. The van der Waals surface area contributed by atoms with Crippen molar-refractivity contribution >= 4 is 22.6 Å². The molecule has 0 aliphatic heterocycles. The molecular formula is C6H14IN. The van der Waals surface area contributed by atoms with Gasteiger partial charge in [0.1, 0.15) is 0 Å². The van der Waals surface area contributed by atoms with Crippen LogP contribution in [-0.4, -0.2) is 9.97 Å². The van der Waals surface area contributed by atoms with Crippen LogP contribution < -0.4 is 5.73 Å². The SMILES string of the molecule is CCCC(N)C(C)I. The minimum absolute atomic E-state index is 0.403. The standard InChI is InChI=1S/C6H14IN/c1-3-4-6(8)5(2)7/h5-6H,3-4,8H2,1-2H3. The molecule has 0 saturated carbocycles. The van der Waals surface area contributed by atoms with Gasteiger partial charge in [-0.15, -0.1) is 0 Å². The lowest BCUT2D eigenvalue weighted by atomic mass is 10.1. The van der Waals surface area contributed by atoms with Crippen LogP contribution in [0.1, 0.15) is 26.7 Å². The summed E-state index contributed by atoms with van der Waals surface area (Å²) < 4.78 is 0.618. The van der Waals surface area contributed by atoms with Crippen molar-refractivity contribution in [3.8, 4) is 0 Å². The molecule has 0 aromatic heterocycles. The molecule has 0 heterocycles. The van der Waals surface area contributed by atoms with Crippen LogP contribution in [0, 0.1) is 0 Å². The maximum absolute atomic E-state index is 5.72. The minimum Gasteiger partial charge on any atom is -0.327 e. The number of alkyl halides is 1. The maximum atomic E-state index is 5.72. The summed E-state index contributed by atoms with van der Waals surface area (Å²) >= 11 is 2.37. The zero-order chi connectivity index (χ0) is 6.57. The molecule has 2 heteroatoms. The van der Waals surface area contributed by atoms with Gasteiger partial charge < -0.3 is 5.73 Å². The monoisotopic (exact) mass is 227 g/mol. The van der Waals surface area contributed by atoms with Gasteiger partial charge in [-0.05, 0) is 6.42 Å². The van der Waals surface area contributed by atoms with E-state index in [9.17, 15) is 0 Å². The van der Waals surface area contributed by atoms with E-state index < -0.39 is 0 Å². The second-order valence-electron chi connectivity index (χ2n) is 2.13. The molecule has 1 nitrogen and oxygen atoms in total. The van der Waals surface area contributed by atoms with E-state index in [0.717, 1.165) is 6.42 Å². The number of hydrogen-bond donors (Lipinski definition) is 1. The van der Waals surface area contributed by atoms with Crippen LogP contribution in [-0.2, 0) is 0 Å². The highest BCUT2D eigenvalue weighted by Crippen LogP contribution is 2.07. The zero-order valence-corrected chi connectivity index (χ0v) is 7.68. The third-order valence-electron chi connectivity index (χ3n) is 1.21. The molecule has 0 rings (SSSR count). The van der Waals surface area contributed by atoms with Crippen molar-refractivity contribution in [1.29, 1.82) is 0 Å². The highest BCUT2D eigenvalue weighted by Gasteiger charge is 2.05. The number of rotatable bonds is 3. The first-order chi connectivity index (χ1) is 3.68. The average molecular weight is 227 g/mol. The van der Waals surface area contributed by atoms with E-state index in [4.69, 9.17) is 5.73 Å². The summed E-state index contributed by atoms with van der Waals surface area (Å²) in [4.78, 5) is 0. The van der Waals surface area contributed by atoms with Gasteiger partial charge in [-0.1, -0.05) is 42.9 Å². The van der Waals surface area contributed by atoms with E-state index in [1.165, 1.54) is 6.42 Å². The van der Waals surface area contributed by atoms with Crippen molar-refractivity contribution in [2.24, 2.45) is 5.73 Å². The second kappa shape index (κ2) is 4.56. The fourth-order valence-corrected chi connectivity index (χ4v) is 0.923. The Kier molecular flexibility index (Phi) is 4.95. The van der Waals surface area contributed by atoms with Crippen molar-refractivity contribution in [1.82, 2.24) is 0 Å². The largest absolute Gasteiger partial charge is 0.327 e. The van der Waals surface area contributed by atoms with Crippen LogP contribution in [0.3, 0.4) is 0 Å². The Morgan fingerprint density at radius 2 is 2.12 bits per heavy atom. The Balaban J connectivity index is 3.17. The Morgan fingerprint density at radius 3 is 2.25 bits per heavy atom. The molecule has 8 heavy (non-hydrogen) atoms. The summed E-state index contributed by atoms with van der Waals surface area (Å²) in [5.74, 6) is 0. The topological polar surface area (TPSA) is 26.0 Å². The van der Waals surface area contributed by atoms with Gasteiger partial charge in [0.2, 0.25) is 0 Å². The number of halogens is 1. The van der Waals surface area contributed by atoms with Crippen LogP contribution in [0.4, 0.5) is 0 Å². The summed E-state index contributed by atoms with van der Waals surface area (Å²) in [5.41, 5.74) is 5.72. The molecule has 0 aromatic carbocycles. The average Bonchev–Trinajstić information content (AvgIpc) is 1.67. The number of nitrogens with two attached hydrogens (primary N) is 1. The molecule has 2 atom stereocenters. The van der Waals surface area contributed by atoms with E-state index in [-0.39, 0.29) is 0 Å². The third kappa shape index (κ3) is 3.66. The smallest absolute Gasteiger partial charge is 0.0233 e. The lowest BCUT2D eigenvalue weighted by Gasteiger charge is -2.11. The lowest BCUT2D eigenvalue weighted by Crippen LogP contribution is -2.27. The van der Waals surface area contributed by atoms with Crippen molar-refractivity contribution in [3.05, 3.63) is 0 Å². The van der Waals surface area contributed by atoms with Gasteiger partial charge in [-0.2, -0.15) is 0 Å². The van der Waals surface area contributed by atoms with Crippen molar-refractivity contribution < 1.29 is 0 Å². The normalized spacial score (nSPS) is 18.0. The fraction of sp³-hybridized carbons (Fsp3) is 1.00. The molecular weight excluding hydrogens is 213 g/mol. The highest BCUT2D eigenvalue weighted by molar-refractivity contribution is 14.1. The van der Waals surface area contributed by atoms with Crippen LogP contribution >= 0.6 is 22.6 Å². The summed E-state index contributed by atoms with van der Waals surface area (Å²) in [6.45, 7) is 4.32. The molecule has 0 bridgehead atoms. The first-order valence-electron chi connectivity index (χ1n) is 3.08. The molecule has 0 amide bonds. The predicted octanol–water partition coefficient (Wildman–Crippen LogP) is 1.94. The van der Waals surface area contributed by atoms with E-state index in [1.807, 2.05) is 0 Å². The minimum atomic E-state index is 0.403. The van der Waals surface area contributed by atoms with Gasteiger partial charge in [-0.3, -0.25) is 0 Å². The molecule has 0 spiro atoms. The third-order valence-corrected chi connectivity index (χ3v) is 2.14. The van der Waals surface area contributed by atoms with Gasteiger partial charge in [0, 0.05) is 9.97 Å². The summed E-state index contributed by atoms with van der Waals surface area (Å²) in [6.07, 6.45) is 2.36. The van der Waals surface area contributed by atoms with Gasteiger partial charge in [-0.25, -0.2) is 0 Å². The van der Waals surface area contributed by atoms with Gasteiger partial charge in [0.25, 0.3) is 0 Å². The van der Waals surface area contributed by atoms with Crippen LogP contribution in [0.25, 0.3) is 0 Å². The van der Waals surface area contributed by atoms with Crippen molar-refractivity contribution in [3.63, 3.8) is 0 Å². The van der Waals surface area contributed by atoms with E-state index >= 15 is 0 Å². The molecule has 0 saturated heterocycles. The molecule has 2 unspecified atom stereocenters. The predicted molar refractivity (Wildman–Crippen MR) is 46.4 cm³/mol. The molecule has 0 aromatic rings. The van der Waals surface area contributed by atoms with Crippen molar-refractivity contribution in [2.45, 2.75) is 36.7 Å². The van der Waals surface area contributed by atoms with Crippen LogP contribution in [0.15, 0.2) is 0 Å². The first-order valence-corrected chi connectivity index (χ1v) is 4.32. The van der Waals surface area contributed by atoms with E-state index in [1.54, 1.807) is 0 Å². The molecule has 50 valence electrons. The summed E-state index contributed by atoms with van der Waals surface area (Å²) in [6, 6.07) is 0.403. The van der Waals surface area contributed by atoms with Gasteiger partial charge in [0.15, 0.2) is 0 Å². The first kappa shape index (κ1) is 8.69. The van der Waals surface area contributed by atoms with Gasteiger partial charge in [0.05, 0.1) is 0 Å². The Hall–Kier alpha value is 0.690. The maximum Gasteiger partial charge on any atom is 0.0233 e. The summed E-state index contributed by atoms with van der Waals surface area (Å²) in [7, 11) is 0. The fourth-order valence-electron chi connectivity index (χ4n) is 0.563. The highest BCUT2D eigenvalue weighted by atomic mass is 127.